The van der Waals surface area contributed by atoms with E-state index in [1.165, 1.54) is 0 Å². The minimum absolute atomic E-state index is 0.409. The van der Waals surface area contributed by atoms with Crippen LogP contribution in [0.15, 0.2) is 0 Å². The second kappa shape index (κ2) is 6.39. The topological polar surface area (TPSA) is 44.9 Å². The lowest BCUT2D eigenvalue weighted by molar-refractivity contribution is 0.139. The van der Waals surface area contributed by atoms with Crippen LogP contribution < -0.4 is 0 Å². The number of imidazole rings is 1. The van der Waals surface area contributed by atoms with Gasteiger partial charge in [0.05, 0.1) is 18.2 Å². The highest BCUT2D eigenvalue weighted by atomic mass is 35.5. The predicted molar refractivity (Wildman–Crippen MR) is 76.5 cm³/mol. The molecule has 0 amide bonds. The molecule has 6 heteroatoms. The molecule has 0 spiro atoms. The molecule has 0 unspecified atom stereocenters. The molecule has 0 aromatic carbocycles. The van der Waals surface area contributed by atoms with Crippen LogP contribution in [0.25, 0.3) is 11.2 Å². The molecule has 2 heterocycles. The average Bonchev–Trinajstić information content (AvgIpc) is 2.90. The second-order valence-corrected chi connectivity index (χ2v) is 4.77. The molecule has 2 rings (SSSR count). The third-order valence-electron chi connectivity index (χ3n) is 3.14. The number of halogens is 1. The second-order valence-electron chi connectivity index (χ2n) is 4.50. The Kier molecular flexibility index (Phi) is 4.82. The van der Waals surface area contributed by atoms with Gasteiger partial charge in [0.1, 0.15) is 11.3 Å². The number of nitrogens with zero attached hydrogens (tertiary/aromatic N) is 4. The van der Waals surface area contributed by atoms with Crippen LogP contribution in [-0.2, 0) is 30.6 Å². The maximum Gasteiger partial charge on any atom is 0.158 e. The van der Waals surface area contributed by atoms with E-state index < -0.39 is 0 Å². The zero-order chi connectivity index (χ0) is 13.8. The molecule has 19 heavy (non-hydrogen) atoms. The van der Waals surface area contributed by atoms with Crippen molar-refractivity contribution in [3.8, 4) is 0 Å². The van der Waals surface area contributed by atoms with Gasteiger partial charge >= 0.3 is 0 Å². The Labute approximate surface area is 118 Å². The van der Waals surface area contributed by atoms with Crippen molar-refractivity contribution in [3.05, 3.63) is 11.5 Å². The Morgan fingerprint density at radius 2 is 2.11 bits per heavy atom. The summed E-state index contributed by atoms with van der Waals surface area (Å²) in [5.41, 5.74) is 3.08. The molecule has 0 aliphatic heterocycles. The van der Waals surface area contributed by atoms with Crippen molar-refractivity contribution >= 4 is 22.8 Å². The van der Waals surface area contributed by atoms with E-state index in [0.29, 0.717) is 12.5 Å². The van der Waals surface area contributed by atoms with Crippen LogP contribution >= 0.6 is 11.6 Å². The van der Waals surface area contributed by atoms with E-state index in [1.54, 1.807) is 0 Å². The summed E-state index contributed by atoms with van der Waals surface area (Å²) >= 11 is 6.00. The van der Waals surface area contributed by atoms with Gasteiger partial charge in [-0.15, -0.1) is 11.6 Å². The molecule has 106 valence electrons. The van der Waals surface area contributed by atoms with Crippen LogP contribution in [0.3, 0.4) is 0 Å². The SMILES string of the molecule is CCCc1nn(C)c2c1nc(CCl)n2CCOCC. The molecule has 0 bridgehead atoms. The van der Waals surface area contributed by atoms with Gasteiger partial charge in [-0.05, 0) is 13.3 Å². The van der Waals surface area contributed by atoms with Gasteiger partial charge in [0.25, 0.3) is 0 Å². The van der Waals surface area contributed by atoms with Crippen molar-refractivity contribution in [3.63, 3.8) is 0 Å². The molecule has 0 aliphatic rings. The summed E-state index contributed by atoms with van der Waals surface area (Å²) in [5.74, 6) is 1.30. The lowest BCUT2D eigenvalue weighted by atomic mass is 10.2. The van der Waals surface area contributed by atoms with E-state index in [0.717, 1.165) is 48.7 Å². The number of hydrogen-bond donors (Lipinski definition) is 0. The van der Waals surface area contributed by atoms with Gasteiger partial charge in [0.15, 0.2) is 5.65 Å². The maximum atomic E-state index is 6.00. The Morgan fingerprint density at radius 1 is 1.32 bits per heavy atom. The van der Waals surface area contributed by atoms with Crippen molar-refractivity contribution in [2.45, 2.75) is 39.1 Å². The molecule has 2 aromatic heterocycles. The fourth-order valence-electron chi connectivity index (χ4n) is 2.33. The quantitative estimate of drug-likeness (QED) is 0.580. The summed E-state index contributed by atoms with van der Waals surface area (Å²) in [4.78, 5) is 4.64. The largest absolute Gasteiger partial charge is 0.380 e. The van der Waals surface area contributed by atoms with Crippen LogP contribution in [0.1, 0.15) is 31.8 Å². The third kappa shape index (κ3) is 2.77. The van der Waals surface area contributed by atoms with Gasteiger partial charge in [0, 0.05) is 20.2 Å². The Balaban J connectivity index is 2.41. The van der Waals surface area contributed by atoms with Crippen LogP contribution in [0.4, 0.5) is 0 Å². The summed E-state index contributed by atoms with van der Waals surface area (Å²) in [7, 11) is 1.96. The molecular weight excluding hydrogens is 264 g/mol. The van der Waals surface area contributed by atoms with Gasteiger partial charge in [0.2, 0.25) is 0 Å². The molecule has 2 aromatic rings. The predicted octanol–water partition coefficient (Wildman–Crippen LogP) is 2.50. The van der Waals surface area contributed by atoms with E-state index in [-0.39, 0.29) is 0 Å². The first kappa shape index (κ1) is 14.3. The minimum Gasteiger partial charge on any atom is -0.380 e. The van der Waals surface area contributed by atoms with Crippen molar-refractivity contribution in [1.29, 1.82) is 0 Å². The normalized spacial score (nSPS) is 11.6. The summed E-state index contributed by atoms with van der Waals surface area (Å²) in [5, 5.41) is 4.55. The zero-order valence-electron chi connectivity index (χ0n) is 11.8. The molecular formula is C13H21ClN4O. The summed E-state index contributed by atoms with van der Waals surface area (Å²) in [6.45, 7) is 6.29. The summed E-state index contributed by atoms with van der Waals surface area (Å²) in [6.07, 6.45) is 2.01. The van der Waals surface area contributed by atoms with Crippen molar-refractivity contribution < 1.29 is 4.74 Å². The molecule has 0 radical (unpaired) electrons. The number of fused-ring (bicyclic) bond motifs is 1. The Morgan fingerprint density at radius 3 is 2.74 bits per heavy atom. The number of hydrogen-bond acceptors (Lipinski definition) is 3. The first-order chi connectivity index (χ1) is 9.22. The molecule has 0 atom stereocenters. The summed E-state index contributed by atoms with van der Waals surface area (Å²) in [6, 6.07) is 0. The van der Waals surface area contributed by atoms with E-state index in [4.69, 9.17) is 16.3 Å². The smallest absolute Gasteiger partial charge is 0.158 e. The number of aromatic nitrogens is 4. The van der Waals surface area contributed by atoms with E-state index >= 15 is 0 Å². The number of alkyl halides is 1. The highest BCUT2D eigenvalue weighted by Crippen LogP contribution is 2.21. The van der Waals surface area contributed by atoms with Crippen molar-refractivity contribution in [2.75, 3.05) is 13.2 Å². The van der Waals surface area contributed by atoms with Crippen LogP contribution in [0.5, 0.6) is 0 Å². The Hall–Kier alpha value is -1.07. The van der Waals surface area contributed by atoms with E-state index in [2.05, 4.69) is 21.6 Å². The number of aryl methyl sites for hydroxylation is 2. The fraction of sp³-hybridized carbons (Fsp3) is 0.692. The maximum absolute atomic E-state index is 6.00. The summed E-state index contributed by atoms with van der Waals surface area (Å²) < 4.78 is 9.44. The first-order valence-electron chi connectivity index (χ1n) is 6.77. The first-order valence-corrected chi connectivity index (χ1v) is 7.31. The minimum atomic E-state index is 0.409. The van der Waals surface area contributed by atoms with Gasteiger partial charge in [-0.3, -0.25) is 4.68 Å². The van der Waals surface area contributed by atoms with E-state index in [1.807, 2.05) is 18.7 Å². The lowest BCUT2D eigenvalue weighted by Crippen LogP contribution is -2.11. The number of ether oxygens (including phenoxy) is 1. The monoisotopic (exact) mass is 284 g/mol. The zero-order valence-corrected chi connectivity index (χ0v) is 12.6. The van der Waals surface area contributed by atoms with Crippen molar-refractivity contribution in [1.82, 2.24) is 19.3 Å². The Bertz CT molecular complexity index is 546. The highest BCUT2D eigenvalue weighted by molar-refractivity contribution is 6.16. The third-order valence-corrected chi connectivity index (χ3v) is 3.38. The molecule has 0 fully saturated rings. The van der Waals surface area contributed by atoms with Crippen LogP contribution in [0.2, 0.25) is 0 Å². The van der Waals surface area contributed by atoms with Gasteiger partial charge in [-0.25, -0.2) is 4.98 Å². The van der Waals surface area contributed by atoms with Gasteiger partial charge < -0.3 is 9.30 Å². The molecule has 0 aliphatic carbocycles. The standard InChI is InChI=1S/C13H21ClN4O/c1-4-6-10-12-13(17(3)16-10)18(7-8-19-5-2)11(9-14)15-12/h4-9H2,1-3H3. The lowest BCUT2D eigenvalue weighted by Gasteiger charge is -2.07. The van der Waals surface area contributed by atoms with Crippen LogP contribution in [-0.4, -0.2) is 32.5 Å². The average molecular weight is 285 g/mol. The molecule has 0 N–H and O–H groups in total. The fourth-order valence-corrected chi connectivity index (χ4v) is 2.53. The van der Waals surface area contributed by atoms with Crippen molar-refractivity contribution in [2.24, 2.45) is 7.05 Å². The number of rotatable bonds is 7. The van der Waals surface area contributed by atoms with Crippen LogP contribution in [0, 0.1) is 0 Å². The molecule has 5 nitrogen and oxygen atoms in total. The van der Waals surface area contributed by atoms with Gasteiger partial charge in [-0.2, -0.15) is 5.10 Å². The highest BCUT2D eigenvalue weighted by Gasteiger charge is 2.18. The molecule has 0 saturated heterocycles. The van der Waals surface area contributed by atoms with Gasteiger partial charge in [-0.1, -0.05) is 13.3 Å². The molecule has 0 saturated carbocycles. The van der Waals surface area contributed by atoms with E-state index in [9.17, 15) is 0 Å².